The van der Waals surface area contributed by atoms with Gasteiger partial charge in [0.1, 0.15) is 18.2 Å². The highest BCUT2D eigenvalue weighted by Gasteiger charge is 2.29. The van der Waals surface area contributed by atoms with Crippen LogP contribution in [0.15, 0.2) is 48.5 Å². The number of benzene rings is 2. The number of fused-ring (bicyclic) bond motifs is 3. The van der Waals surface area contributed by atoms with E-state index in [4.69, 9.17) is 23.7 Å². The average molecular weight is 924 g/mol. The second-order valence-electron chi connectivity index (χ2n) is 18.2. The Kier molecular flexibility index (Phi) is 28.6. The Morgan fingerprint density at radius 3 is 1.52 bits per heavy atom. The van der Waals surface area contributed by atoms with Crippen LogP contribution in [0.25, 0.3) is 11.1 Å². The lowest BCUT2D eigenvalue weighted by molar-refractivity contribution is -0.155. The zero-order valence-electron chi connectivity index (χ0n) is 40.3. The van der Waals surface area contributed by atoms with E-state index in [9.17, 15) is 29.1 Å². The van der Waals surface area contributed by atoms with Crippen LogP contribution >= 0.6 is 0 Å². The Labute approximate surface area is 394 Å². The predicted molar refractivity (Wildman–Crippen MR) is 256 cm³/mol. The van der Waals surface area contributed by atoms with Gasteiger partial charge in [-0.25, -0.2) is 9.59 Å². The van der Waals surface area contributed by atoms with Gasteiger partial charge < -0.3 is 44.7 Å². The summed E-state index contributed by atoms with van der Waals surface area (Å²) in [6.07, 6.45) is 17.3. The second kappa shape index (κ2) is 33.9. The number of nitrogens with one attached hydrogen (secondary N) is 3. The number of esters is 1. The summed E-state index contributed by atoms with van der Waals surface area (Å²) < 4.78 is 27.6. The van der Waals surface area contributed by atoms with E-state index in [2.05, 4.69) is 40.2 Å². The van der Waals surface area contributed by atoms with E-state index in [1.165, 1.54) is 73.6 Å². The topological polar surface area (TPSA) is 188 Å². The number of carbonyl (C=O) groups excluding carboxylic acids is 4. The predicted octanol–water partition coefficient (Wildman–Crippen LogP) is 9.40. The fourth-order valence-corrected chi connectivity index (χ4v) is 7.91. The SMILES string of the molecule is CC(C)(C)OC(=O)CCCCCCCCCCCCCCCCC(=O)N[C@@H](CCC(=O)NCCCOCCOCCOCCCNC(=O)OCC1c2ccccc2-c2ccccc21)C(=O)O. The molecule has 0 aliphatic heterocycles. The molecule has 66 heavy (non-hydrogen) atoms. The van der Waals surface area contributed by atoms with Crippen molar-refractivity contribution in [2.75, 3.05) is 59.3 Å². The summed E-state index contributed by atoms with van der Waals surface area (Å²) in [6, 6.07) is 15.4. The molecule has 0 heterocycles. The smallest absolute Gasteiger partial charge is 0.407 e. The van der Waals surface area contributed by atoms with Crippen molar-refractivity contribution in [3.63, 3.8) is 0 Å². The lowest BCUT2D eigenvalue weighted by atomic mass is 9.98. The molecule has 0 saturated heterocycles. The minimum absolute atomic E-state index is 0.000476. The number of hydrogen-bond donors (Lipinski definition) is 4. The molecule has 0 radical (unpaired) electrons. The molecule has 0 spiro atoms. The summed E-state index contributed by atoms with van der Waals surface area (Å²) in [5, 5.41) is 17.7. The van der Waals surface area contributed by atoms with Crippen LogP contribution in [-0.4, -0.2) is 106 Å². The molecule has 0 saturated carbocycles. The van der Waals surface area contributed by atoms with Gasteiger partial charge in [0.05, 0.1) is 26.4 Å². The lowest BCUT2D eigenvalue weighted by Crippen LogP contribution is -2.41. The first kappa shape index (κ1) is 55.8. The maximum Gasteiger partial charge on any atom is 0.407 e. The summed E-state index contributed by atoms with van der Waals surface area (Å²) in [5.41, 5.74) is 4.33. The van der Waals surface area contributed by atoms with Crippen LogP contribution < -0.4 is 16.0 Å². The molecule has 2 aromatic carbocycles. The Balaban J connectivity index is 1.03. The number of aliphatic carboxylic acids is 1. The van der Waals surface area contributed by atoms with Crippen molar-refractivity contribution in [2.24, 2.45) is 0 Å². The van der Waals surface area contributed by atoms with Crippen LogP contribution in [0.5, 0.6) is 0 Å². The standard InChI is InChI=1S/C52H81N3O11/c1-52(2,3)66-49(58)29-17-15-13-11-9-7-5-4-6-8-10-12-14-16-28-48(57)55-46(50(59)60)30-31-47(56)53-32-22-34-62-36-38-64-39-37-63-35-23-33-54-51(61)65-40-45-43-26-20-18-24-41(43)42-25-19-21-27-44(42)45/h18-21,24-27,45-46H,4-17,22-23,28-40H2,1-3H3,(H,53,56)(H,54,61)(H,55,57)(H,59,60)/t46-/m0/s1. The van der Waals surface area contributed by atoms with E-state index < -0.39 is 23.7 Å². The van der Waals surface area contributed by atoms with Crippen LogP contribution in [0.4, 0.5) is 4.79 Å². The maximum absolute atomic E-state index is 12.4. The van der Waals surface area contributed by atoms with E-state index >= 15 is 0 Å². The molecule has 3 amide bonds. The molecule has 3 rings (SSSR count). The Morgan fingerprint density at radius 2 is 1.02 bits per heavy atom. The molecule has 4 N–H and O–H groups in total. The zero-order valence-corrected chi connectivity index (χ0v) is 40.3. The Morgan fingerprint density at radius 1 is 0.561 bits per heavy atom. The third-order valence-corrected chi connectivity index (χ3v) is 11.4. The minimum Gasteiger partial charge on any atom is -0.480 e. The van der Waals surface area contributed by atoms with Crippen molar-refractivity contribution in [1.82, 2.24) is 16.0 Å². The molecular formula is C52H81N3O11. The summed E-state index contributed by atoms with van der Waals surface area (Å²) >= 11 is 0. The van der Waals surface area contributed by atoms with Crippen molar-refractivity contribution in [1.29, 1.82) is 0 Å². The molecule has 0 fully saturated rings. The highest BCUT2D eigenvalue weighted by Crippen LogP contribution is 2.44. The van der Waals surface area contributed by atoms with Gasteiger partial charge in [0.25, 0.3) is 0 Å². The number of carbonyl (C=O) groups is 5. The van der Waals surface area contributed by atoms with Gasteiger partial charge in [-0.1, -0.05) is 126 Å². The molecule has 0 unspecified atom stereocenters. The Hall–Kier alpha value is -4.53. The molecule has 0 bridgehead atoms. The molecule has 2 aromatic rings. The van der Waals surface area contributed by atoms with Crippen LogP contribution in [0.2, 0.25) is 0 Å². The van der Waals surface area contributed by atoms with Gasteiger partial charge in [-0.05, 0) is 75.1 Å². The number of rotatable bonds is 38. The fraction of sp³-hybridized carbons (Fsp3) is 0.673. The van der Waals surface area contributed by atoms with E-state index in [1.54, 1.807) is 0 Å². The van der Waals surface area contributed by atoms with Crippen LogP contribution in [0, 0.1) is 0 Å². The van der Waals surface area contributed by atoms with Crippen molar-refractivity contribution < 1.29 is 52.8 Å². The molecule has 14 heteroatoms. The van der Waals surface area contributed by atoms with Crippen molar-refractivity contribution in [2.45, 2.75) is 167 Å². The van der Waals surface area contributed by atoms with Crippen molar-refractivity contribution in [3.8, 4) is 11.1 Å². The van der Waals surface area contributed by atoms with E-state index in [0.29, 0.717) is 78.4 Å². The van der Waals surface area contributed by atoms with Gasteiger partial charge in [-0.3, -0.25) is 14.4 Å². The molecular weight excluding hydrogens is 843 g/mol. The third kappa shape index (κ3) is 25.4. The van der Waals surface area contributed by atoms with E-state index in [-0.39, 0.29) is 49.6 Å². The molecule has 1 aliphatic rings. The van der Waals surface area contributed by atoms with Gasteiger partial charge in [0.2, 0.25) is 11.8 Å². The molecule has 370 valence electrons. The first-order valence-electron chi connectivity index (χ1n) is 24.8. The van der Waals surface area contributed by atoms with Gasteiger partial charge in [0, 0.05) is 51.5 Å². The van der Waals surface area contributed by atoms with Gasteiger partial charge >= 0.3 is 18.0 Å². The number of amides is 3. The second-order valence-corrected chi connectivity index (χ2v) is 18.2. The number of unbranched alkanes of at least 4 members (excludes halogenated alkanes) is 13. The summed E-state index contributed by atoms with van der Waals surface area (Å²) in [6.45, 7) is 9.39. The van der Waals surface area contributed by atoms with Crippen LogP contribution in [0.1, 0.15) is 166 Å². The monoisotopic (exact) mass is 924 g/mol. The molecule has 1 aliphatic carbocycles. The number of hydrogen-bond acceptors (Lipinski definition) is 10. The highest BCUT2D eigenvalue weighted by molar-refractivity contribution is 5.84. The van der Waals surface area contributed by atoms with Crippen LogP contribution in [-0.2, 0) is 42.9 Å². The fourth-order valence-electron chi connectivity index (χ4n) is 7.91. The molecule has 0 aromatic heterocycles. The Bertz CT molecular complexity index is 1650. The largest absolute Gasteiger partial charge is 0.480 e. The average Bonchev–Trinajstić information content (AvgIpc) is 3.60. The number of alkyl carbamates (subject to hydrolysis) is 1. The quantitative estimate of drug-likeness (QED) is 0.0371. The number of carboxylic acids is 1. The summed E-state index contributed by atoms with van der Waals surface area (Å²) in [7, 11) is 0. The summed E-state index contributed by atoms with van der Waals surface area (Å²) in [4.78, 5) is 60.5. The normalized spacial score (nSPS) is 12.5. The first-order chi connectivity index (χ1) is 31.9. The van der Waals surface area contributed by atoms with E-state index in [1.807, 2.05) is 45.0 Å². The lowest BCUT2D eigenvalue weighted by Gasteiger charge is -2.19. The highest BCUT2D eigenvalue weighted by atomic mass is 16.6. The zero-order chi connectivity index (χ0) is 47.7. The molecule has 14 nitrogen and oxygen atoms in total. The van der Waals surface area contributed by atoms with Crippen molar-refractivity contribution >= 4 is 29.8 Å². The van der Waals surface area contributed by atoms with Crippen molar-refractivity contribution in [3.05, 3.63) is 59.7 Å². The number of ether oxygens (including phenoxy) is 5. The van der Waals surface area contributed by atoms with Gasteiger partial charge in [0.15, 0.2) is 0 Å². The minimum atomic E-state index is -1.14. The van der Waals surface area contributed by atoms with Crippen LogP contribution in [0.3, 0.4) is 0 Å². The third-order valence-electron chi connectivity index (χ3n) is 11.4. The maximum atomic E-state index is 12.4. The van der Waals surface area contributed by atoms with Gasteiger partial charge in [-0.2, -0.15) is 0 Å². The van der Waals surface area contributed by atoms with Gasteiger partial charge in [-0.15, -0.1) is 0 Å². The van der Waals surface area contributed by atoms with E-state index in [0.717, 1.165) is 32.1 Å². The number of carboxylic acid groups (broad SMARTS) is 1. The molecule has 1 atom stereocenters. The first-order valence-corrected chi connectivity index (χ1v) is 24.8. The summed E-state index contributed by atoms with van der Waals surface area (Å²) in [5.74, 6) is -1.78.